The van der Waals surface area contributed by atoms with Gasteiger partial charge in [-0.3, -0.25) is 13.9 Å². The van der Waals surface area contributed by atoms with Gasteiger partial charge in [0.1, 0.15) is 6.04 Å². The summed E-state index contributed by atoms with van der Waals surface area (Å²) in [7, 11) is -3.49. The Kier molecular flexibility index (Phi) is 11.2. The van der Waals surface area contributed by atoms with Crippen LogP contribution in [0.3, 0.4) is 0 Å². The molecule has 0 unspecified atom stereocenters. The largest absolute Gasteiger partial charge is 0.354 e. The lowest BCUT2D eigenvalue weighted by atomic mass is 10.1. The second-order valence-corrected chi connectivity index (χ2v) is 11.1. The number of nitrogens with zero attached hydrogens (tertiary/aromatic N) is 2. The number of sulfonamides is 1. The summed E-state index contributed by atoms with van der Waals surface area (Å²) in [5.41, 5.74) is 1.66. The fourth-order valence-electron chi connectivity index (χ4n) is 3.92. The van der Waals surface area contributed by atoms with E-state index in [1.807, 2.05) is 57.2 Å². The van der Waals surface area contributed by atoms with Gasteiger partial charge >= 0.3 is 0 Å². The minimum atomic E-state index is -3.49. The van der Waals surface area contributed by atoms with E-state index < -0.39 is 16.1 Å². The number of rotatable bonds is 14. The molecule has 0 radical (unpaired) electrons. The number of benzene rings is 2. The van der Waals surface area contributed by atoms with Gasteiger partial charge in [-0.15, -0.1) is 0 Å². The molecular weight excluding hydrogens is 462 g/mol. The maximum Gasteiger partial charge on any atom is 0.242 e. The number of nitrogens with one attached hydrogen (secondary N) is 1. The molecule has 2 aromatic carbocycles. The Balaban J connectivity index is 2.12. The summed E-state index contributed by atoms with van der Waals surface area (Å²) >= 11 is 0. The molecule has 1 N–H and O–H groups in total. The van der Waals surface area contributed by atoms with Crippen molar-refractivity contribution in [1.82, 2.24) is 10.2 Å². The Morgan fingerprint density at radius 3 is 2.09 bits per heavy atom. The predicted octanol–water partition coefficient (Wildman–Crippen LogP) is 3.85. The van der Waals surface area contributed by atoms with Crippen molar-refractivity contribution in [1.29, 1.82) is 0 Å². The van der Waals surface area contributed by atoms with Gasteiger partial charge in [0.2, 0.25) is 21.8 Å². The lowest BCUT2D eigenvalue weighted by molar-refractivity contribution is -0.140. The van der Waals surface area contributed by atoms with Crippen molar-refractivity contribution < 1.29 is 18.0 Å². The fourth-order valence-corrected chi connectivity index (χ4v) is 4.88. The van der Waals surface area contributed by atoms with Crippen molar-refractivity contribution in [3.05, 3.63) is 66.2 Å². The Morgan fingerprint density at radius 2 is 1.54 bits per heavy atom. The predicted molar refractivity (Wildman–Crippen MR) is 142 cm³/mol. The quantitative estimate of drug-likeness (QED) is 0.426. The summed E-state index contributed by atoms with van der Waals surface area (Å²) in [6.45, 7) is 7.13. The molecule has 2 rings (SSSR count). The Bertz CT molecular complexity index is 1030. The molecule has 8 heteroatoms. The molecule has 192 valence electrons. The summed E-state index contributed by atoms with van der Waals surface area (Å²) in [5, 5.41) is 2.96. The van der Waals surface area contributed by atoms with Crippen molar-refractivity contribution in [2.45, 2.75) is 52.5 Å². The van der Waals surface area contributed by atoms with E-state index in [-0.39, 0.29) is 24.8 Å². The van der Waals surface area contributed by atoms with E-state index in [9.17, 15) is 18.0 Å². The van der Waals surface area contributed by atoms with E-state index >= 15 is 0 Å². The van der Waals surface area contributed by atoms with Crippen LogP contribution in [0.25, 0.3) is 0 Å². The van der Waals surface area contributed by atoms with Gasteiger partial charge in [-0.1, -0.05) is 69.3 Å². The third-order valence-electron chi connectivity index (χ3n) is 5.75. The normalized spacial score (nSPS) is 12.3. The van der Waals surface area contributed by atoms with E-state index in [0.717, 1.165) is 5.56 Å². The highest BCUT2D eigenvalue weighted by atomic mass is 32.2. The van der Waals surface area contributed by atoms with E-state index in [2.05, 4.69) is 5.32 Å². The number of amides is 2. The highest BCUT2D eigenvalue weighted by molar-refractivity contribution is 7.92. The van der Waals surface area contributed by atoms with E-state index in [1.54, 1.807) is 29.2 Å². The third kappa shape index (κ3) is 9.36. The maximum atomic E-state index is 13.4. The summed E-state index contributed by atoms with van der Waals surface area (Å²) < 4.78 is 26.0. The highest BCUT2D eigenvalue weighted by Crippen LogP contribution is 2.18. The van der Waals surface area contributed by atoms with Crippen LogP contribution in [0.2, 0.25) is 0 Å². The Labute approximate surface area is 210 Å². The zero-order valence-electron chi connectivity index (χ0n) is 21.3. The first-order valence-electron chi connectivity index (χ1n) is 12.3. The van der Waals surface area contributed by atoms with Gasteiger partial charge in [-0.05, 0) is 42.9 Å². The molecule has 0 heterocycles. The van der Waals surface area contributed by atoms with Crippen molar-refractivity contribution in [2.75, 3.05) is 30.2 Å². The van der Waals surface area contributed by atoms with Crippen LogP contribution in [-0.4, -0.2) is 57.1 Å². The molecule has 0 aliphatic carbocycles. The minimum Gasteiger partial charge on any atom is -0.354 e. The van der Waals surface area contributed by atoms with Crippen molar-refractivity contribution in [3.63, 3.8) is 0 Å². The van der Waals surface area contributed by atoms with Crippen LogP contribution in [0.15, 0.2) is 60.7 Å². The lowest BCUT2D eigenvalue weighted by Gasteiger charge is -2.31. The highest BCUT2D eigenvalue weighted by Gasteiger charge is 2.28. The lowest BCUT2D eigenvalue weighted by Crippen LogP contribution is -2.50. The standard InChI is InChI=1S/C27H39N3O4S/c1-5-25(27(32)28-21-22(2)3)29(20-18-23-13-8-6-9-14-23)26(31)17-12-19-30(35(4,33)34)24-15-10-7-11-16-24/h6-11,13-16,22,25H,5,12,17-21H2,1-4H3,(H,28,32)/t25-/m1/s1. The monoisotopic (exact) mass is 501 g/mol. The first-order chi connectivity index (χ1) is 16.6. The molecule has 0 aromatic heterocycles. The van der Waals surface area contributed by atoms with Gasteiger partial charge in [-0.25, -0.2) is 8.42 Å². The van der Waals surface area contributed by atoms with Gasteiger partial charge in [0, 0.05) is 26.1 Å². The number of anilines is 1. The first kappa shape index (κ1) is 28.4. The second kappa shape index (κ2) is 13.9. The van der Waals surface area contributed by atoms with Gasteiger partial charge in [0.15, 0.2) is 0 Å². The zero-order chi connectivity index (χ0) is 25.8. The summed E-state index contributed by atoms with van der Waals surface area (Å²) in [4.78, 5) is 28.0. The molecule has 35 heavy (non-hydrogen) atoms. The Hall–Kier alpha value is -2.87. The van der Waals surface area contributed by atoms with Crippen LogP contribution >= 0.6 is 0 Å². The van der Waals surface area contributed by atoms with Gasteiger partial charge in [0.05, 0.1) is 11.9 Å². The molecule has 2 aromatic rings. The number of hydrogen-bond donors (Lipinski definition) is 1. The van der Waals surface area contributed by atoms with Crippen molar-refractivity contribution in [3.8, 4) is 0 Å². The molecule has 7 nitrogen and oxygen atoms in total. The van der Waals surface area contributed by atoms with Gasteiger partial charge in [-0.2, -0.15) is 0 Å². The van der Waals surface area contributed by atoms with Crippen LogP contribution in [0.5, 0.6) is 0 Å². The van der Waals surface area contributed by atoms with Crippen LogP contribution in [0, 0.1) is 5.92 Å². The maximum absolute atomic E-state index is 13.4. The van der Waals surface area contributed by atoms with Crippen molar-refractivity contribution in [2.24, 2.45) is 5.92 Å². The SMILES string of the molecule is CC[C@H](C(=O)NCC(C)C)N(CCc1ccccc1)C(=O)CCCN(c1ccccc1)S(C)(=O)=O. The average molecular weight is 502 g/mol. The number of para-hydroxylation sites is 1. The molecular formula is C27H39N3O4S. The van der Waals surface area contributed by atoms with Crippen LogP contribution < -0.4 is 9.62 Å². The molecule has 0 aliphatic heterocycles. The van der Waals surface area contributed by atoms with Gasteiger partial charge in [0.25, 0.3) is 0 Å². The molecule has 0 saturated heterocycles. The third-order valence-corrected chi connectivity index (χ3v) is 6.95. The zero-order valence-corrected chi connectivity index (χ0v) is 22.1. The van der Waals surface area contributed by atoms with Crippen LogP contribution in [0.1, 0.15) is 45.6 Å². The topological polar surface area (TPSA) is 86.8 Å². The molecule has 0 bridgehead atoms. The molecule has 0 spiro atoms. The van der Waals surface area contributed by atoms with Crippen molar-refractivity contribution >= 4 is 27.5 Å². The van der Waals surface area contributed by atoms with Crippen LogP contribution in [-0.2, 0) is 26.0 Å². The van der Waals surface area contributed by atoms with E-state index in [1.165, 1.54) is 10.6 Å². The van der Waals surface area contributed by atoms with E-state index in [0.29, 0.717) is 44.0 Å². The van der Waals surface area contributed by atoms with E-state index in [4.69, 9.17) is 0 Å². The molecule has 0 saturated carbocycles. The minimum absolute atomic E-state index is 0.144. The summed E-state index contributed by atoms with van der Waals surface area (Å²) in [5.74, 6) is 0.0172. The fraction of sp³-hybridized carbons (Fsp3) is 0.481. The smallest absolute Gasteiger partial charge is 0.242 e. The van der Waals surface area contributed by atoms with Crippen LogP contribution in [0.4, 0.5) is 5.69 Å². The van der Waals surface area contributed by atoms with Gasteiger partial charge < -0.3 is 10.2 Å². The second-order valence-electron chi connectivity index (χ2n) is 9.16. The Morgan fingerprint density at radius 1 is 0.943 bits per heavy atom. The molecule has 0 fully saturated rings. The first-order valence-corrected chi connectivity index (χ1v) is 14.1. The number of hydrogen-bond acceptors (Lipinski definition) is 4. The summed E-state index contributed by atoms with van der Waals surface area (Å²) in [6.07, 6.45) is 2.82. The summed E-state index contributed by atoms with van der Waals surface area (Å²) in [6, 6.07) is 18.2. The number of carbonyl (C=O) groups is 2. The average Bonchev–Trinajstić information content (AvgIpc) is 2.83. The number of carbonyl (C=O) groups excluding carboxylic acids is 2. The molecule has 2 amide bonds. The molecule has 0 aliphatic rings. The molecule has 1 atom stereocenters.